The van der Waals surface area contributed by atoms with E-state index in [0.29, 0.717) is 0 Å². The Labute approximate surface area is 231 Å². The number of alkyl halides is 18. The van der Waals surface area contributed by atoms with Crippen molar-refractivity contribution >= 4 is 17.3 Å². The van der Waals surface area contributed by atoms with Crippen LogP contribution in [0.4, 0.5) is 79.0 Å². The number of ketones is 3. The predicted molar refractivity (Wildman–Crippen MR) is 75.6 cm³/mol. The molecule has 0 aliphatic heterocycles. The van der Waals surface area contributed by atoms with Crippen molar-refractivity contribution in [3.63, 3.8) is 0 Å². The zero-order valence-corrected chi connectivity index (χ0v) is 20.4. The van der Waals surface area contributed by atoms with Crippen molar-refractivity contribution in [2.45, 2.75) is 37.1 Å². The number of carbonyl (C=O) groups is 3. The molecule has 0 bridgehead atoms. The summed E-state index contributed by atoms with van der Waals surface area (Å²) < 4.78 is 203. The molecule has 0 aromatic carbocycles. The second-order valence-electron chi connectivity index (χ2n) is 5.61. The summed E-state index contributed by atoms with van der Waals surface area (Å²) in [6.07, 6.45) is -35.8. The van der Waals surface area contributed by atoms with Crippen molar-refractivity contribution in [3.05, 3.63) is 35.5 Å². The molecule has 0 N–H and O–H groups in total. The largest absolute Gasteiger partial charge is 3.00 e. The van der Waals surface area contributed by atoms with Gasteiger partial charge < -0.3 is 15.3 Å². The fraction of sp³-hybridized carbons (Fsp3) is 0.400. The van der Waals surface area contributed by atoms with Crippen molar-refractivity contribution in [2.24, 2.45) is 0 Å². The zero-order chi connectivity index (χ0) is 32.6. The Balaban J connectivity index is -0.000000240. The van der Waals surface area contributed by atoms with Gasteiger partial charge in [0.1, 0.15) is 0 Å². The maximum atomic E-state index is 11.3. The molecule has 0 rings (SSSR count). The fourth-order valence-electron chi connectivity index (χ4n) is 0.848. The summed E-state index contributed by atoms with van der Waals surface area (Å²) in [6, 6.07) is 0. The van der Waals surface area contributed by atoms with Gasteiger partial charge in [-0.1, -0.05) is 0 Å². The molecule has 0 amide bonds. The van der Waals surface area contributed by atoms with Crippen LogP contribution in [-0.2, 0) is 47.1 Å². The number of halogens is 18. The molecule has 0 saturated heterocycles. The summed E-state index contributed by atoms with van der Waals surface area (Å²) in [4.78, 5) is 29.5. The van der Waals surface area contributed by atoms with Crippen LogP contribution < -0.4 is 15.3 Å². The van der Waals surface area contributed by atoms with E-state index in [1.165, 1.54) is 0 Å². The van der Waals surface area contributed by atoms with E-state index in [-0.39, 0.29) is 32.7 Å². The van der Waals surface area contributed by atoms with Gasteiger partial charge in [0.25, 0.3) is 17.3 Å². The smallest absolute Gasteiger partial charge is 0.869 e. The first-order valence-electron chi connectivity index (χ1n) is 7.86. The van der Waals surface area contributed by atoms with E-state index in [2.05, 4.69) is 0 Å². The summed E-state index contributed by atoms with van der Waals surface area (Å²) in [5.74, 6) is -16.9. The van der Waals surface area contributed by atoms with Gasteiger partial charge in [0.2, 0.25) is 0 Å². The topological polar surface area (TPSA) is 120 Å². The quantitative estimate of drug-likeness (QED) is 0.253. The van der Waals surface area contributed by atoms with Gasteiger partial charge in [-0.3, -0.25) is 14.4 Å². The van der Waals surface area contributed by atoms with Crippen molar-refractivity contribution in [1.29, 1.82) is 0 Å². The molecule has 0 heterocycles. The third kappa shape index (κ3) is 20.4. The van der Waals surface area contributed by atoms with Crippen molar-refractivity contribution in [3.8, 4) is 0 Å². The van der Waals surface area contributed by atoms with Crippen LogP contribution in [0.15, 0.2) is 35.5 Å². The molecule has 25 heteroatoms. The molecule has 0 fully saturated rings. The number of carbonyl (C=O) groups excluding carboxylic acids is 3. The van der Waals surface area contributed by atoms with Gasteiger partial charge in [0.05, 0.1) is 0 Å². The Morgan fingerprint density at radius 3 is 0.550 bits per heavy atom. The van der Waals surface area contributed by atoms with Gasteiger partial charge >= 0.3 is 69.8 Å². The number of allylic oxidation sites excluding steroid dienone is 6. The van der Waals surface area contributed by atoms with Crippen LogP contribution in [0.1, 0.15) is 0 Å². The maximum absolute atomic E-state index is 11.3. The van der Waals surface area contributed by atoms with Gasteiger partial charge in [-0.25, -0.2) is 0 Å². The van der Waals surface area contributed by atoms with E-state index >= 15 is 0 Å². The molecule has 0 aromatic heterocycles. The summed E-state index contributed by atoms with van der Waals surface area (Å²) in [5, 5.41) is 29.5. The third-order valence-electron chi connectivity index (χ3n) is 2.46. The third-order valence-corrected chi connectivity index (χ3v) is 2.46. The van der Waals surface area contributed by atoms with E-state index < -0.39 is 89.9 Å². The average Bonchev–Trinajstić information content (AvgIpc) is 2.64. The molecule has 0 radical (unpaired) electrons. The molecule has 0 saturated carbocycles. The molecule has 0 aliphatic carbocycles. The first kappa shape index (κ1) is 44.5. The molecule has 6 nitrogen and oxygen atoms in total. The molecule has 0 aliphatic rings. The summed E-state index contributed by atoms with van der Waals surface area (Å²) in [6.45, 7) is 0. The van der Waals surface area contributed by atoms with Gasteiger partial charge in [-0.05, 0) is 35.5 Å². The van der Waals surface area contributed by atoms with Crippen LogP contribution in [0.2, 0.25) is 0 Å². The average molecular weight is 710 g/mol. The second kappa shape index (κ2) is 15.5. The van der Waals surface area contributed by atoms with E-state index in [0.717, 1.165) is 0 Å². The van der Waals surface area contributed by atoms with E-state index in [9.17, 15) is 109 Å². The summed E-state index contributed by atoms with van der Waals surface area (Å²) in [7, 11) is 0. The standard InChI is InChI=1S/3C5H2F6O2.Y/c3*6-4(7,8)2(12)1-3(13)5(9,10)11;/h3*1,12H;/q;;;+3/p-3/b3*2-1-;. The number of hydrogen-bond donors (Lipinski definition) is 0. The Morgan fingerprint density at radius 1 is 0.350 bits per heavy atom. The van der Waals surface area contributed by atoms with E-state index in [4.69, 9.17) is 0 Å². The predicted octanol–water partition coefficient (Wildman–Crippen LogP) is 2.77. The van der Waals surface area contributed by atoms with Crippen LogP contribution in [0.5, 0.6) is 0 Å². The van der Waals surface area contributed by atoms with Crippen LogP contribution >= 0.6 is 0 Å². The van der Waals surface area contributed by atoms with Crippen LogP contribution in [0.25, 0.3) is 0 Å². The Kier molecular flexibility index (Phi) is 17.2. The minimum atomic E-state index is -5.46. The molecule has 228 valence electrons. The molecule has 0 unspecified atom stereocenters. The molecular formula is C15H3F18O6Y. The van der Waals surface area contributed by atoms with Gasteiger partial charge in [0, 0.05) is 0 Å². The fourth-order valence-corrected chi connectivity index (χ4v) is 0.848. The van der Waals surface area contributed by atoms with Crippen LogP contribution in [-0.4, -0.2) is 54.4 Å². The normalized spacial score (nSPS) is 14.1. The van der Waals surface area contributed by atoms with Gasteiger partial charge in [-0.15, -0.1) is 0 Å². The zero-order valence-electron chi connectivity index (χ0n) is 17.6. The van der Waals surface area contributed by atoms with Crippen molar-refractivity contribution in [2.75, 3.05) is 0 Å². The molecule has 40 heavy (non-hydrogen) atoms. The molecule has 0 atom stereocenters. The number of rotatable bonds is 3. The minimum Gasteiger partial charge on any atom is -0.869 e. The minimum absolute atomic E-state index is 0. The molecule has 0 spiro atoms. The van der Waals surface area contributed by atoms with E-state index in [1.807, 2.05) is 0 Å². The van der Waals surface area contributed by atoms with E-state index in [1.54, 1.807) is 0 Å². The summed E-state index contributed by atoms with van der Waals surface area (Å²) >= 11 is 0. The van der Waals surface area contributed by atoms with Crippen molar-refractivity contribution < 1.29 is 141 Å². The van der Waals surface area contributed by atoms with Crippen LogP contribution in [0.3, 0.4) is 0 Å². The molecular weight excluding hydrogens is 707 g/mol. The van der Waals surface area contributed by atoms with Gasteiger partial charge in [-0.2, -0.15) is 79.0 Å². The van der Waals surface area contributed by atoms with Crippen molar-refractivity contribution in [1.82, 2.24) is 0 Å². The Hall–Kier alpha value is -2.53. The van der Waals surface area contributed by atoms with Crippen LogP contribution in [0, 0.1) is 0 Å². The SMILES string of the molecule is O=C(/C=C(\[O-])C(F)(F)F)C(F)(F)F.O=C(/C=C(\[O-])C(F)(F)F)C(F)(F)F.O=C(/C=C(\[O-])C(F)(F)F)C(F)(F)F.[Y+3]. The van der Waals surface area contributed by atoms with Gasteiger partial charge in [0.15, 0.2) is 0 Å². The summed E-state index contributed by atoms with van der Waals surface area (Å²) in [5.41, 5.74) is 0. The molecule has 0 aromatic rings. The Morgan fingerprint density at radius 2 is 0.475 bits per heavy atom. The first-order chi connectivity index (χ1) is 16.6. The second-order valence-corrected chi connectivity index (χ2v) is 5.61. The Bertz CT molecular complexity index is 834. The monoisotopic (exact) mass is 710 g/mol. The maximum Gasteiger partial charge on any atom is 3.00 e. The number of hydrogen-bond acceptors (Lipinski definition) is 6. The first-order valence-corrected chi connectivity index (χ1v) is 7.86.